The van der Waals surface area contributed by atoms with E-state index in [9.17, 15) is 24.0 Å². The Hall–Kier alpha value is -2.69. The Morgan fingerprint density at radius 2 is 1.50 bits per heavy atom. The molecule has 6 unspecified atom stereocenters. The number of nitrogens with one attached hydrogen (secondary N) is 3. The zero-order valence-electron chi connectivity index (χ0n) is 18.2. The van der Waals surface area contributed by atoms with Gasteiger partial charge >= 0.3 is 0 Å². The molecule has 1 aliphatic rings. The molecule has 0 aromatic carbocycles. The van der Waals surface area contributed by atoms with Gasteiger partial charge in [0.15, 0.2) is 0 Å². The van der Waals surface area contributed by atoms with E-state index in [1.807, 2.05) is 6.92 Å². The topological polar surface area (TPSA) is 177 Å². The van der Waals surface area contributed by atoms with Gasteiger partial charge in [0.1, 0.15) is 24.2 Å². The number of hydrogen-bond acceptors (Lipinski definition) is 6. The fourth-order valence-electron chi connectivity index (χ4n) is 3.15. The maximum absolute atomic E-state index is 12.9. The lowest BCUT2D eigenvalue weighted by molar-refractivity contribution is -0.141. The molecule has 7 N–H and O–H groups in total. The van der Waals surface area contributed by atoms with Crippen molar-refractivity contribution in [3.05, 3.63) is 0 Å². The third kappa shape index (κ3) is 6.68. The fraction of sp³-hybridized carbons (Fsp3) is 0.737. The maximum atomic E-state index is 12.9. The Labute approximate surface area is 176 Å². The molecule has 0 aromatic heterocycles. The van der Waals surface area contributed by atoms with Gasteiger partial charge in [-0.2, -0.15) is 0 Å². The summed E-state index contributed by atoms with van der Waals surface area (Å²) in [6.07, 6.45) is 1.23. The molecule has 6 atom stereocenters. The maximum Gasteiger partial charge on any atom is 0.245 e. The van der Waals surface area contributed by atoms with E-state index in [4.69, 9.17) is 11.5 Å². The second-order valence-electron chi connectivity index (χ2n) is 7.90. The third-order valence-electron chi connectivity index (χ3n) is 5.23. The van der Waals surface area contributed by atoms with Crippen molar-refractivity contribution in [3.63, 3.8) is 0 Å². The van der Waals surface area contributed by atoms with Crippen LogP contribution in [0.25, 0.3) is 0 Å². The van der Waals surface area contributed by atoms with E-state index >= 15 is 0 Å². The number of rotatable bonds is 9. The minimum absolute atomic E-state index is 0.125. The summed E-state index contributed by atoms with van der Waals surface area (Å²) >= 11 is 0. The van der Waals surface area contributed by atoms with E-state index in [-0.39, 0.29) is 11.8 Å². The van der Waals surface area contributed by atoms with E-state index in [1.165, 1.54) is 32.6 Å². The number of carbonyl (C=O) groups excluding carboxylic acids is 5. The second kappa shape index (κ2) is 10.9. The van der Waals surface area contributed by atoms with Crippen molar-refractivity contribution in [1.29, 1.82) is 0 Å². The van der Waals surface area contributed by atoms with Crippen molar-refractivity contribution < 1.29 is 24.0 Å². The van der Waals surface area contributed by atoms with E-state index in [0.717, 1.165) is 6.42 Å². The Morgan fingerprint density at radius 1 is 0.933 bits per heavy atom. The minimum atomic E-state index is -0.924. The first-order valence-corrected chi connectivity index (χ1v) is 10.1. The normalized spacial score (nSPS) is 22.4. The Morgan fingerprint density at radius 3 is 2.00 bits per heavy atom. The van der Waals surface area contributed by atoms with E-state index in [1.54, 1.807) is 0 Å². The highest BCUT2D eigenvalue weighted by Crippen LogP contribution is 2.26. The van der Waals surface area contributed by atoms with Crippen LogP contribution in [-0.2, 0) is 24.0 Å². The molecule has 11 nitrogen and oxygen atoms in total. The summed E-state index contributed by atoms with van der Waals surface area (Å²) in [5.74, 6) is -2.45. The molecule has 0 bridgehead atoms. The van der Waals surface area contributed by atoms with Gasteiger partial charge in [0.25, 0.3) is 0 Å². The summed E-state index contributed by atoms with van der Waals surface area (Å²) in [4.78, 5) is 62.2. The van der Waals surface area contributed by atoms with Crippen molar-refractivity contribution in [3.8, 4) is 0 Å². The molecular weight excluding hydrogens is 392 g/mol. The smallest absolute Gasteiger partial charge is 0.245 e. The Bertz CT molecular complexity index is 682. The minimum Gasteiger partial charge on any atom is -0.368 e. The van der Waals surface area contributed by atoms with Crippen LogP contribution in [0.15, 0.2) is 0 Å². The van der Waals surface area contributed by atoms with Crippen molar-refractivity contribution in [1.82, 2.24) is 20.9 Å². The highest BCUT2D eigenvalue weighted by Gasteiger charge is 2.41. The van der Waals surface area contributed by atoms with Crippen LogP contribution in [0.4, 0.5) is 0 Å². The highest BCUT2D eigenvalue weighted by atomic mass is 16.2. The molecule has 5 amide bonds. The van der Waals surface area contributed by atoms with Crippen molar-refractivity contribution in [2.24, 2.45) is 17.4 Å². The van der Waals surface area contributed by atoms with Crippen LogP contribution in [0.5, 0.6) is 0 Å². The van der Waals surface area contributed by atoms with Gasteiger partial charge in [0.2, 0.25) is 29.5 Å². The van der Waals surface area contributed by atoms with Crippen LogP contribution in [0.3, 0.4) is 0 Å². The largest absolute Gasteiger partial charge is 0.368 e. The predicted molar refractivity (Wildman–Crippen MR) is 110 cm³/mol. The molecule has 30 heavy (non-hydrogen) atoms. The molecule has 1 fully saturated rings. The zero-order chi connectivity index (χ0) is 23.2. The molecule has 1 saturated heterocycles. The van der Waals surface area contributed by atoms with Crippen LogP contribution in [0.1, 0.15) is 47.5 Å². The molecule has 0 aliphatic carbocycles. The number of nitrogens with two attached hydrogens (primary N) is 2. The first kappa shape index (κ1) is 25.3. The highest BCUT2D eigenvalue weighted by molar-refractivity contribution is 5.95. The van der Waals surface area contributed by atoms with Gasteiger partial charge in [-0.15, -0.1) is 0 Å². The predicted octanol–water partition coefficient (Wildman–Crippen LogP) is -2.04. The van der Waals surface area contributed by atoms with E-state index in [0.29, 0.717) is 13.0 Å². The molecule has 11 heteroatoms. The van der Waals surface area contributed by atoms with Crippen molar-refractivity contribution >= 4 is 29.5 Å². The molecule has 0 saturated carbocycles. The quantitative estimate of drug-likeness (QED) is 0.284. The third-order valence-corrected chi connectivity index (χ3v) is 5.23. The lowest BCUT2D eigenvalue weighted by atomic mass is 10.0. The number of primary amides is 1. The van der Waals surface area contributed by atoms with Gasteiger partial charge in [-0.3, -0.25) is 24.0 Å². The summed E-state index contributed by atoms with van der Waals surface area (Å²) in [7, 11) is 0. The molecule has 170 valence electrons. The molecule has 1 rings (SSSR count). The molecular formula is C19H34N6O5. The molecule has 0 aromatic rings. The first-order chi connectivity index (χ1) is 13.9. The van der Waals surface area contributed by atoms with E-state index < -0.39 is 53.8 Å². The zero-order valence-corrected chi connectivity index (χ0v) is 18.2. The SMILES string of the molecule is CCC1CC(C(=O)NC(C)C(=O)NC(C)C(N)=O)N(C(=O)C(C)NC(=O)C(C)N)C1. The van der Waals surface area contributed by atoms with Crippen LogP contribution >= 0.6 is 0 Å². The van der Waals surface area contributed by atoms with Crippen LogP contribution in [0, 0.1) is 5.92 Å². The van der Waals surface area contributed by atoms with Crippen LogP contribution < -0.4 is 27.4 Å². The standard InChI is InChI=1S/C19H34N6O5/c1-6-13-7-14(18(29)23-11(4)17(28)22-10(3)15(21)26)25(8-13)19(30)12(5)24-16(27)9(2)20/h9-14H,6-8,20H2,1-5H3,(H2,21,26)(H,22,28)(H,23,29)(H,24,27). The summed E-state index contributed by atoms with van der Waals surface area (Å²) in [6.45, 7) is 8.32. The summed E-state index contributed by atoms with van der Waals surface area (Å²) in [5, 5.41) is 7.55. The summed E-state index contributed by atoms with van der Waals surface area (Å²) in [6, 6.07) is -4.16. The number of hydrogen-bond donors (Lipinski definition) is 5. The van der Waals surface area contributed by atoms with Crippen molar-refractivity contribution in [2.45, 2.75) is 77.7 Å². The second-order valence-corrected chi connectivity index (χ2v) is 7.90. The first-order valence-electron chi connectivity index (χ1n) is 10.1. The molecule has 0 radical (unpaired) electrons. The van der Waals surface area contributed by atoms with Gasteiger partial charge < -0.3 is 32.3 Å². The summed E-state index contributed by atoms with van der Waals surface area (Å²) < 4.78 is 0. The Balaban J connectivity index is 2.83. The van der Waals surface area contributed by atoms with Gasteiger partial charge in [0, 0.05) is 6.54 Å². The summed E-state index contributed by atoms with van der Waals surface area (Å²) in [5.41, 5.74) is 10.7. The lowest BCUT2D eigenvalue weighted by Gasteiger charge is -2.28. The number of nitrogens with zero attached hydrogens (tertiary/aromatic N) is 1. The number of carbonyl (C=O) groups is 5. The van der Waals surface area contributed by atoms with Gasteiger partial charge in [0.05, 0.1) is 6.04 Å². The molecule has 0 spiro atoms. The fourth-order valence-corrected chi connectivity index (χ4v) is 3.15. The number of amides is 5. The lowest BCUT2D eigenvalue weighted by Crippen LogP contribution is -2.56. The van der Waals surface area contributed by atoms with Crippen LogP contribution in [0.2, 0.25) is 0 Å². The van der Waals surface area contributed by atoms with Gasteiger partial charge in [-0.1, -0.05) is 13.3 Å². The number of likely N-dealkylation sites (tertiary alicyclic amines) is 1. The van der Waals surface area contributed by atoms with Gasteiger partial charge in [-0.25, -0.2) is 0 Å². The molecule has 1 aliphatic heterocycles. The van der Waals surface area contributed by atoms with E-state index in [2.05, 4.69) is 16.0 Å². The Kier molecular flexibility index (Phi) is 9.22. The van der Waals surface area contributed by atoms with Crippen LogP contribution in [-0.4, -0.2) is 71.2 Å². The van der Waals surface area contributed by atoms with Gasteiger partial charge in [-0.05, 0) is 40.0 Å². The van der Waals surface area contributed by atoms with Crippen molar-refractivity contribution in [2.75, 3.05) is 6.54 Å². The molecule has 1 heterocycles. The average Bonchev–Trinajstić information content (AvgIpc) is 3.11. The monoisotopic (exact) mass is 426 g/mol. The average molecular weight is 427 g/mol.